The van der Waals surface area contributed by atoms with E-state index in [1.54, 1.807) is 44.6 Å². The lowest BCUT2D eigenvalue weighted by atomic mass is 10.1. The molecule has 0 saturated heterocycles. The molecule has 0 aliphatic carbocycles. The standard InChI is InChI=1S/C20H17NO4S/c1-24-15-7-3-13(4-8-15)11-18-20(23)21-19(26-18)12-17(22)14-5-9-16(25-2)10-6-14/h3-12H,1-2H3,(H,21,23)/b18-11-,19-12-. The van der Waals surface area contributed by atoms with Gasteiger partial charge in [-0.25, -0.2) is 0 Å². The molecule has 1 N–H and O–H groups in total. The Balaban J connectivity index is 1.90. The fraction of sp³-hybridized carbons (Fsp3) is 0.100. The Labute approximate surface area is 153 Å². The molecule has 0 amide bonds. The van der Waals surface area contributed by atoms with Crippen LogP contribution in [-0.4, -0.2) is 25.0 Å². The molecular formula is C20H17NO4S. The largest absolute Gasteiger partial charge is 0.497 e. The number of benzene rings is 2. The van der Waals surface area contributed by atoms with E-state index in [1.807, 2.05) is 24.3 Å². The first kappa shape index (κ1) is 17.7. The number of thiazole rings is 1. The maximum atomic E-state index is 12.3. The second-order valence-electron chi connectivity index (χ2n) is 5.44. The average Bonchev–Trinajstić information content (AvgIpc) is 3.01. The second-order valence-corrected chi connectivity index (χ2v) is 6.52. The van der Waals surface area contributed by atoms with Crippen LogP contribution in [0.5, 0.6) is 11.5 Å². The summed E-state index contributed by atoms with van der Waals surface area (Å²) in [5.74, 6) is 1.25. The molecule has 5 nitrogen and oxygen atoms in total. The number of ether oxygens (including phenoxy) is 2. The summed E-state index contributed by atoms with van der Waals surface area (Å²) >= 11 is 1.24. The number of methoxy groups -OCH3 is 2. The number of aromatic amines is 1. The molecule has 26 heavy (non-hydrogen) atoms. The van der Waals surface area contributed by atoms with Crippen molar-refractivity contribution in [3.8, 4) is 11.5 Å². The molecule has 132 valence electrons. The van der Waals surface area contributed by atoms with E-state index >= 15 is 0 Å². The van der Waals surface area contributed by atoms with Gasteiger partial charge in [0.05, 0.1) is 23.4 Å². The van der Waals surface area contributed by atoms with Crippen molar-refractivity contribution in [1.82, 2.24) is 4.98 Å². The number of H-pyrrole nitrogens is 1. The van der Waals surface area contributed by atoms with Gasteiger partial charge in [0.1, 0.15) is 11.5 Å². The summed E-state index contributed by atoms with van der Waals surface area (Å²) in [6, 6.07) is 14.2. The SMILES string of the molecule is COc1ccc(/C=c2\s/c(=C\C(=O)c3ccc(OC)cc3)[nH]c2=O)cc1. The van der Waals surface area contributed by atoms with Crippen LogP contribution in [-0.2, 0) is 0 Å². The van der Waals surface area contributed by atoms with Crippen molar-refractivity contribution < 1.29 is 14.3 Å². The lowest BCUT2D eigenvalue weighted by molar-refractivity contribution is 0.106. The van der Waals surface area contributed by atoms with Gasteiger partial charge >= 0.3 is 0 Å². The van der Waals surface area contributed by atoms with Crippen LogP contribution < -0.4 is 24.2 Å². The molecule has 0 radical (unpaired) electrons. The number of Topliss-reactive ketones (excluding diaryl/α,β-unsaturated/α-hetero) is 1. The zero-order valence-corrected chi connectivity index (χ0v) is 15.1. The van der Waals surface area contributed by atoms with Gasteiger partial charge in [-0.1, -0.05) is 12.1 Å². The van der Waals surface area contributed by atoms with E-state index in [0.29, 0.717) is 20.5 Å². The first-order chi connectivity index (χ1) is 12.6. The van der Waals surface area contributed by atoms with Gasteiger partial charge in [0.2, 0.25) is 0 Å². The number of ketones is 1. The van der Waals surface area contributed by atoms with Gasteiger partial charge in [0.25, 0.3) is 5.56 Å². The third-order valence-corrected chi connectivity index (χ3v) is 4.69. The maximum absolute atomic E-state index is 12.3. The molecule has 0 saturated carbocycles. The molecule has 0 fully saturated rings. The van der Waals surface area contributed by atoms with E-state index in [2.05, 4.69) is 4.98 Å². The number of aromatic nitrogens is 1. The van der Waals surface area contributed by atoms with Crippen LogP contribution in [0.1, 0.15) is 15.9 Å². The van der Waals surface area contributed by atoms with Crippen molar-refractivity contribution in [2.45, 2.75) is 0 Å². The molecule has 0 atom stereocenters. The van der Waals surface area contributed by atoms with Crippen molar-refractivity contribution in [2.75, 3.05) is 14.2 Å². The fourth-order valence-corrected chi connectivity index (χ4v) is 3.22. The Bertz CT molecular complexity index is 1080. The zero-order valence-electron chi connectivity index (χ0n) is 14.3. The molecule has 6 heteroatoms. The molecule has 0 aliphatic heterocycles. The Morgan fingerprint density at radius 2 is 1.54 bits per heavy atom. The van der Waals surface area contributed by atoms with Gasteiger partial charge < -0.3 is 14.5 Å². The van der Waals surface area contributed by atoms with Crippen LogP contribution in [0.4, 0.5) is 0 Å². The summed E-state index contributed by atoms with van der Waals surface area (Å²) in [6.07, 6.45) is 3.21. The van der Waals surface area contributed by atoms with Crippen molar-refractivity contribution in [1.29, 1.82) is 0 Å². The Morgan fingerprint density at radius 3 is 2.12 bits per heavy atom. The predicted octanol–water partition coefficient (Wildman–Crippen LogP) is 1.95. The maximum Gasteiger partial charge on any atom is 0.266 e. The van der Waals surface area contributed by atoms with Crippen molar-refractivity contribution in [3.05, 3.63) is 79.2 Å². The van der Waals surface area contributed by atoms with Gasteiger partial charge in [-0.05, 0) is 48.0 Å². The second kappa shape index (κ2) is 7.84. The van der Waals surface area contributed by atoms with Crippen LogP contribution in [0, 0.1) is 0 Å². The number of carbonyl (C=O) groups is 1. The quantitative estimate of drug-likeness (QED) is 0.700. The summed E-state index contributed by atoms with van der Waals surface area (Å²) in [6.45, 7) is 0. The number of carbonyl (C=O) groups excluding carboxylic acids is 1. The smallest absolute Gasteiger partial charge is 0.266 e. The Morgan fingerprint density at radius 1 is 0.962 bits per heavy atom. The lowest BCUT2D eigenvalue weighted by Crippen LogP contribution is -2.19. The summed E-state index contributed by atoms with van der Waals surface area (Å²) < 4.78 is 11.2. The number of rotatable bonds is 5. The highest BCUT2D eigenvalue weighted by Crippen LogP contribution is 2.12. The van der Waals surface area contributed by atoms with E-state index in [-0.39, 0.29) is 11.3 Å². The third kappa shape index (κ3) is 4.10. The summed E-state index contributed by atoms with van der Waals surface area (Å²) in [5.41, 5.74) is 1.19. The summed E-state index contributed by atoms with van der Waals surface area (Å²) in [7, 11) is 3.17. The monoisotopic (exact) mass is 367 g/mol. The van der Waals surface area contributed by atoms with Crippen molar-refractivity contribution in [2.24, 2.45) is 0 Å². The van der Waals surface area contributed by atoms with Crippen LogP contribution in [0.3, 0.4) is 0 Å². The van der Waals surface area contributed by atoms with Crippen molar-refractivity contribution >= 4 is 29.3 Å². The highest BCUT2D eigenvalue weighted by Gasteiger charge is 2.04. The van der Waals surface area contributed by atoms with Gasteiger partial charge in [-0.3, -0.25) is 9.59 Å². The van der Waals surface area contributed by atoms with E-state index in [0.717, 1.165) is 11.3 Å². The van der Waals surface area contributed by atoms with Gasteiger partial charge in [0.15, 0.2) is 5.78 Å². The molecule has 0 spiro atoms. The minimum absolute atomic E-state index is 0.179. The third-order valence-electron chi connectivity index (χ3n) is 3.73. The van der Waals surface area contributed by atoms with E-state index < -0.39 is 0 Å². The normalized spacial score (nSPS) is 12.2. The highest BCUT2D eigenvalue weighted by molar-refractivity contribution is 7.07. The Kier molecular flexibility index (Phi) is 5.34. The molecular weight excluding hydrogens is 350 g/mol. The molecule has 3 rings (SSSR count). The van der Waals surface area contributed by atoms with E-state index in [4.69, 9.17) is 9.47 Å². The lowest BCUT2D eigenvalue weighted by Gasteiger charge is -1.99. The van der Waals surface area contributed by atoms with Crippen LogP contribution in [0.2, 0.25) is 0 Å². The molecule has 2 aromatic carbocycles. The van der Waals surface area contributed by atoms with E-state index in [9.17, 15) is 9.59 Å². The van der Waals surface area contributed by atoms with Crippen LogP contribution in [0.25, 0.3) is 12.2 Å². The highest BCUT2D eigenvalue weighted by atomic mass is 32.1. The van der Waals surface area contributed by atoms with E-state index in [1.165, 1.54) is 17.4 Å². The zero-order chi connectivity index (χ0) is 18.5. The number of hydrogen-bond donors (Lipinski definition) is 1. The molecule has 0 aliphatic rings. The molecule has 1 aromatic heterocycles. The van der Waals surface area contributed by atoms with Crippen LogP contribution in [0.15, 0.2) is 53.3 Å². The minimum Gasteiger partial charge on any atom is -0.497 e. The van der Waals surface area contributed by atoms with Crippen molar-refractivity contribution in [3.63, 3.8) is 0 Å². The van der Waals surface area contributed by atoms with Gasteiger partial charge in [0, 0.05) is 11.6 Å². The fourth-order valence-electron chi connectivity index (χ4n) is 2.33. The molecule has 3 aromatic rings. The summed E-state index contributed by atoms with van der Waals surface area (Å²) in [4.78, 5) is 27.2. The Hall–Kier alpha value is -3.12. The first-order valence-corrected chi connectivity index (χ1v) is 8.66. The van der Waals surface area contributed by atoms with Crippen LogP contribution >= 0.6 is 11.3 Å². The molecule has 0 unspecified atom stereocenters. The van der Waals surface area contributed by atoms with Gasteiger partial charge in [-0.2, -0.15) is 0 Å². The number of nitrogens with one attached hydrogen (secondary N) is 1. The minimum atomic E-state index is -0.223. The first-order valence-electron chi connectivity index (χ1n) is 7.84. The van der Waals surface area contributed by atoms with Gasteiger partial charge in [-0.15, -0.1) is 11.3 Å². The molecule has 0 bridgehead atoms. The molecule has 1 heterocycles. The summed E-state index contributed by atoms with van der Waals surface area (Å²) in [5, 5.41) is 0. The predicted molar refractivity (Wildman–Crippen MR) is 103 cm³/mol. The average molecular weight is 367 g/mol. The topological polar surface area (TPSA) is 68.4 Å². The number of hydrogen-bond acceptors (Lipinski definition) is 5.